The lowest BCUT2D eigenvalue weighted by Gasteiger charge is -2.20. The number of aromatic hydroxyl groups is 1. The number of hydrogen-bond acceptors (Lipinski definition) is 3. The number of nitrogens with zero attached hydrogens (tertiary/aromatic N) is 2. The van der Waals surface area contributed by atoms with Crippen molar-refractivity contribution in [3.05, 3.63) is 60.2 Å². The molecule has 5 nitrogen and oxygen atoms in total. The van der Waals surface area contributed by atoms with E-state index < -0.39 is 0 Å². The van der Waals surface area contributed by atoms with Crippen LogP contribution in [0.1, 0.15) is 18.9 Å². The van der Waals surface area contributed by atoms with Crippen molar-refractivity contribution in [2.24, 2.45) is 4.99 Å². The molecule has 0 aromatic heterocycles. The number of halogens is 1. The zero-order valence-corrected chi connectivity index (χ0v) is 18.1. The van der Waals surface area contributed by atoms with E-state index in [4.69, 9.17) is 4.99 Å². The van der Waals surface area contributed by atoms with Gasteiger partial charge in [0.1, 0.15) is 5.75 Å². The van der Waals surface area contributed by atoms with Gasteiger partial charge in [0.15, 0.2) is 5.96 Å². The zero-order chi connectivity index (χ0) is 18.2. The van der Waals surface area contributed by atoms with Crippen LogP contribution in [0.3, 0.4) is 0 Å². The molecule has 0 spiro atoms. The maximum Gasteiger partial charge on any atom is 0.191 e. The number of anilines is 1. The molecule has 1 fully saturated rings. The van der Waals surface area contributed by atoms with Gasteiger partial charge < -0.3 is 20.6 Å². The second kappa shape index (κ2) is 11.0. The molecule has 1 unspecified atom stereocenters. The maximum atomic E-state index is 9.55. The van der Waals surface area contributed by atoms with Gasteiger partial charge in [-0.15, -0.1) is 24.0 Å². The number of guanidine groups is 1. The number of benzene rings is 2. The van der Waals surface area contributed by atoms with Crippen molar-refractivity contribution in [3.8, 4) is 5.75 Å². The van der Waals surface area contributed by atoms with Gasteiger partial charge in [-0.3, -0.25) is 4.99 Å². The van der Waals surface area contributed by atoms with Gasteiger partial charge >= 0.3 is 0 Å². The molecule has 0 saturated carbocycles. The molecule has 2 aromatic rings. The Hall–Kier alpha value is -1.96. The minimum atomic E-state index is 0. The third-order valence-corrected chi connectivity index (χ3v) is 4.58. The molecule has 1 aliphatic rings. The summed E-state index contributed by atoms with van der Waals surface area (Å²) in [5.41, 5.74) is 2.38. The molecule has 27 heavy (non-hydrogen) atoms. The molecule has 146 valence electrons. The topological polar surface area (TPSA) is 59.9 Å². The molecular weight excluding hydrogens is 451 g/mol. The van der Waals surface area contributed by atoms with Crippen molar-refractivity contribution in [1.29, 1.82) is 0 Å². The van der Waals surface area contributed by atoms with Crippen molar-refractivity contribution >= 4 is 35.6 Å². The molecule has 0 aliphatic carbocycles. The highest BCUT2D eigenvalue weighted by Gasteiger charge is 2.23. The van der Waals surface area contributed by atoms with Crippen LogP contribution >= 0.6 is 24.0 Å². The summed E-state index contributed by atoms with van der Waals surface area (Å²) in [5.74, 6) is 1.18. The van der Waals surface area contributed by atoms with E-state index >= 15 is 0 Å². The summed E-state index contributed by atoms with van der Waals surface area (Å²) in [6.45, 7) is 5.66. The molecule has 2 aromatic carbocycles. The Morgan fingerprint density at radius 1 is 1.19 bits per heavy atom. The Morgan fingerprint density at radius 2 is 2.00 bits per heavy atom. The van der Waals surface area contributed by atoms with Crippen LogP contribution in [-0.2, 0) is 6.42 Å². The second-order valence-corrected chi connectivity index (χ2v) is 6.59. The lowest BCUT2D eigenvalue weighted by atomic mass is 10.1. The van der Waals surface area contributed by atoms with Crippen molar-refractivity contribution < 1.29 is 5.11 Å². The van der Waals surface area contributed by atoms with Crippen LogP contribution in [0.5, 0.6) is 5.75 Å². The minimum Gasteiger partial charge on any atom is -0.508 e. The molecule has 0 bridgehead atoms. The monoisotopic (exact) mass is 480 g/mol. The van der Waals surface area contributed by atoms with Gasteiger partial charge in [0, 0.05) is 37.9 Å². The Kier molecular flexibility index (Phi) is 8.71. The lowest BCUT2D eigenvalue weighted by Crippen LogP contribution is -2.44. The highest BCUT2D eigenvalue weighted by molar-refractivity contribution is 14.0. The van der Waals surface area contributed by atoms with Crippen LogP contribution < -0.4 is 15.5 Å². The zero-order valence-electron chi connectivity index (χ0n) is 15.8. The number of rotatable bonds is 6. The first-order valence-corrected chi connectivity index (χ1v) is 9.37. The largest absolute Gasteiger partial charge is 0.508 e. The molecular formula is C21H29IN4O. The van der Waals surface area contributed by atoms with Crippen molar-refractivity contribution in [2.45, 2.75) is 25.8 Å². The predicted molar refractivity (Wildman–Crippen MR) is 123 cm³/mol. The fourth-order valence-electron chi connectivity index (χ4n) is 3.27. The van der Waals surface area contributed by atoms with E-state index in [0.29, 0.717) is 18.3 Å². The van der Waals surface area contributed by atoms with Crippen molar-refractivity contribution in [3.63, 3.8) is 0 Å². The minimum absolute atomic E-state index is 0. The molecule has 1 atom stereocenters. The first-order valence-electron chi connectivity index (χ1n) is 9.37. The van der Waals surface area contributed by atoms with Gasteiger partial charge in [0.25, 0.3) is 0 Å². The number of hydrogen-bond donors (Lipinski definition) is 3. The van der Waals surface area contributed by atoms with Crippen LogP contribution in [0.25, 0.3) is 0 Å². The summed E-state index contributed by atoms with van der Waals surface area (Å²) in [6.07, 6.45) is 1.91. The van der Waals surface area contributed by atoms with Crippen LogP contribution in [0.2, 0.25) is 0 Å². The van der Waals surface area contributed by atoms with Crippen LogP contribution in [0.15, 0.2) is 59.6 Å². The quantitative estimate of drug-likeness (QED) is 0.337. The van der Waals surface area contributed by atoms with Gasteiger partial charge in [-0.05, 0) is 49.6 Å². The van der Waals surface area contributed by atoms with Crippen LogP contribution in [0.4, 0.5) is 5.69 Å². The van der Waals surface area contributed by atoms with Crippen molar-refractivity contribution in [2.75, 3.05) is 31.1 Å². The summed E-state index contributed by atoms with van der Waals surface area (Å²) < 4.78 is 0. The van der Waals surface area contributed by atoms with Crippen LogP contribution in [0, 0.1) is 0 Å². The first kappa shape index (κ1) is 21.3. The molecule has 3 N–H and O–H groups in total. The Balaban J connectivity index is 0.00000261. The highest BCUT2D eigenvalue weighted by atomic mass is 127. The van der Waals surface area contributed by atoms with E-state index in [9.17, 15) is 5.11 Å². The van der Waals surface area contributed by atoms with Crippen LogP contribution in [-0.4, -0.2) is 43.3 Å². The van der Waals surface area contributed by atoms with E-state index in [-0.39, 0.29) is 24.0 Å². The molecule has 1 aliphatic heterocycles. The van der Waals surface area contributed by atoms with Gasteiger partial charge in [0.2, 0.25) is 0 Å². The van der Waals surface area contributed by atoms with E-state index in [1.807, 2.05) is 12.1 Å². The van der Waals surface area contributed by atoms with E-state index in [1.165, 1.54) is 5.69 Å². The highest BCUT2D eigenvalue weighted by Crippen LogP contribution is 2.19. The number of para-hydroxylation sites is 1. The smallest absolute Gasteiger partial charge is 0.191 e. The SMILES string of the molecule is CCNC(=NCCc1cccc(O)c1)NC1CCN(c2ccccc2)C1.I. The molecule has 0 radical (unpaired) electrons. The summed E-state index contributed by atoms with van der Waals surface area (Å²) in [4.78, 5) is 7.10. The number of aliphatic imine (C=N–C) groups is 1. The Labute approximate surface area is 178 Å². The third kappa shape index (κ3) is 6.61. The number of phenols is 1. The number of nitrogens with one attached hydrogen (secondary N) is 2. The van der Waals surface area contributed by atoms with Gasteiger partial charge in [-0.1, -0.05) is 30.3 Å². The fourth-order valence-corrected chi connectivity index (χ4v) is 3.27. The summed E-state index contributed by atoms with van der Waals surface area (Å²) in [5, 5.41) is 16.4. The lowest BCUT2D eigenvalue weighted by molar-refractivity contribution is 0.474. The second-order valence-electron chi connectivity index (χ2n) is 6.59. The molecule has 0 amide bonds. The molecule has 6 heteroatoms. The Morgan fingerprint density at radius 3 is 2.74 bits per heavy atom. The van der Waals surface area contributed by atoms with E-state index in [1.54, 1.807) is 12.1 Å². The average Bonchev–Trinajstić information content (AvgIpc) is 3.11. The summed E-state index contributed by atoms with van der Waals surface area (Å²) in [7, 11) is 0. The van der Waals surface area contributed by atoms with Gasteiger partial charge in [-0.2, -0.15) is 0 Å². The Bertz CT molecular complexity index is 723. The summed E-state index contributed by atoms with van der Waals surface area (Å²) in [6, 6.07) is 18.3. The molecule has 1 saturated heterocycles. The molecule has 3 rings (SSSR count). The summed E-state index contributed by atoms with van der Waals surface area (Å²) >= 11 is 0. The maximum absolute atomic E-state index is 9.55. The van der Waals surface area contributed by atoms with Gasteiger partial charge in [0.05, 0.1) is 0 Å². The fraction of sp³-hybridized carbons (Fsp3) is 0.381. The normalized spacial score (nSPS) is 16.7. The first-order chi connectivity index (χ1) is 12.7. The van der Waals surface area contributed by atoms with Crippen molar-refractivity contribution in [1.82, 2.24) is 10.6 Å². The standard InChI is InChI=1S/C21H28N4O.HI/c1-2-22-21(23-13-11-17-7-6-10-20(26)15-17)24-18-12-14-25(16-18)19-8-4-3-5-9-19;/h3-10,15,18,26H,2,11-14,16H2,1H3,(H2,22,23,24);1H. The van der Waals surface area contributed by atoms with E-state index in [2.05, 4.69) is 52.8 Å². The third-order valence-electron chi connectivity index (χ3n) is 4.58. The molecule has 1 heterocycles. The predicted octanol–water partition coefficient (Wildman–Crippen LogP) is 3.39. The average molecular weight is 480 g/mol. The number of phenolic OH excluding ortho intramolecular Hbond substituents is 1. The van der Waals surface area contributed by atoms with E-state index in [0.717, 1.165) is 44.0 Å². The van der Waals surface area contributed by atoms with Gasteiger partial charge in [-0.25, -0.2) is 0 Å².